The van der Waals surface area contributed by atoms with Crippen molar-refractivity contribution < 1.29 is 4.74 Å². The zero-order valence-corrected chi connectivity index (χ0v) is 10.2. The fourth-order valence-corrected chi connectivity index (χ4v) is 2.57. The minimum atomic E-state index is 0.237. The third-order valence-corrected chi connectivity index (χ3v) is 3.28. The van der Waals surface area contributed by atoms with E-state index in [4.69, 9.17) is 4.74 Å². The first-order valence-electron chi connectivity index (χ1n) is 5.95. The number of hydrogen-bond acceptors (Lipinski definition) is 3. The molecule has 2 heterocycles. The lowest BCUT2D eigenvalue weighted by Gasteiger charge is -2.36. The number of rotatable bonds is 4. The molecule has 0 aliphatic carbocycles. The van der Waals surface area contributed by atoms with Gasteiger partial charge < -0.3 is 10.1 Å². The summed E-state index contributed by atoms with van der Waals surface area (Å²) < 4.78 is 7.51. The van der Waals surface area contributed by atoms with Gasteiger partial charge in [0.1, 0.15) is 0 Å². The number of nitrogens with one attached hydrogen (secondary N) is 1. The standard InChI is InChI=1S/C12H21N3O/c1-13-9-12(5-3-7-16-10-12)8-11-4-6-15(2)14-11/h4,6,13H,3,5,7-10H2,1-2H3. The van der Waals surface area contributed by atoms with E-state index in [0.717, 1.165) is 32.6 Å². The van der Waals surface area contributed by atoms with Gasteiger partial charge in [0.25, 0.3) is 0 Å². The van der Waals surface area contributed by atoms with Crippen molar-refractivity contribution in [2.45, 2.75) is 19.3 Å². The lowest BCUT2D eigenvalue weighted by Crippen LogP contribution is -2.41. The highest BCUT2D eigenvalue weighted by molar-refractivity contribution is 5.04. The lowest BCUT2D eigenvalue weighted by atomic mass is 9.78. The topological polar surface area (TPSA) is 39.1 Å². The number of ether oxygens (including phenoxy) is 1. The number of aromatic nitrogens is 2. The third-order valence-electron chi connectivity index (χ3n) is 3.28. The van der Waals surface area contributed by atoms with Crippen LogP contribution in [0.3, 0.4) is 0 Å². The lowest BCUT2D eigenvalue weighted by molar-refractivity contribution is -0.00677. The Kier molecular flexibility index (Phi) is 3.61. The highest BCUT2D eigenvalue weighted by atomic mass is 16.5. The van der Waals surface area contributed by atoms with Crippen molar-refractivity contribution in [3.05, 3.63) is 18.0 Å². The van der Waals surface area contributed by atoms with Gasteiger partial charge in [-0.15, -0.1) is 0 Å². The molecule has 2 rings (SSSR count). The van der Waals surface area contributed by atoms with Gasteiger partial charge in [-0.1, -0.05) is 0 Å². The Morgan fingerprint density at radius 1 is 1.62 bits per heavy atom. The summed E-state index contributed by atoms with van der Waals surface area (Å²) in [5.74, 6) is 0. The number of nitrogens with zero attached hydrogens (tertiary/aromatic N) is 2. The first-order valence-corrected chi connectivity index (χ1v) is 5.95. The van der Waals surface area contributed by atoms with E-state index in [1.165, 1.54) is 12.1 Å². The van der Waals surface area contributed by atoms with Crippen LogP contribution < -0.4 is 5.32 Å². The highest BCUT2D eigenvalue weighted by Gasteiger charge is 2.33. The molecule has 1 N–H and O–H groups in total. The minimum Gasteiger partial charge on any atom is -0.381 e. The molecule has 0 saturated carbocycles. The van der Waals surface area contributed by atoms with Crippen LogP contribution in [0.15, 0.2) is 12.3 Å². The van der Waals surface area contributed by atoms with Crippen LogP contribution in [0.25, 0.3) is 0 Å². The molecule has 1 aromatic heterocycles. The quantitative estimate of drug-likeness (QED) is 0.827. The normalized spacial score (nSPS) is 25.9. The van der Waals surface area contributed by atoms with Crippen molar-refractivity contribution in [2.75, 3.05) is 26.8 Å². The maximum Gasteiger partial charge on any atom is 0.0631 e. The van der Waals surface area contributed by atoms with Crippen molar-refractivity contribution in [1.29, 1.82) is 0 Å². The van der Waals surface area contributed by atoms with Crippen LogP contribution in [0, 0.1) is 5.41 Å². The van der Waals surface area contributed by atoms with Crippen LogP contribution in [0.1, 0.15) is 18.5 Å². The van der Waals surface area contributed by atoms with E-state index in [-0.39, 0.29) is 5.41 Å². The molecule has 1 fully saturated rings. The van der Waals surface area contributed by atoms with Gasteiger partial charge in [-0.2, -0.15) is 5.10 Å². The fourth-order valence-electron chi connectivity index (χ4n) is 2.57. The van der Waals surface area contributed by atoms with Crippen molar-refractivity contribution in [2.24, 2.45) is 12.5 Å². The van der Waals surface area contributed by atoms with Gasteiger partial charge in [-0.3, -0.25) is 4.68 Å². The third kappa shape index (κ3) is 2.62. The van der Waals surface area contributed by atoms with E-state index < -0.39 is 0 Å². The van der Waals surface area contributed by atoms with Gasteiger partial charge >= 0.3 is 0 Å². The van der Waals surface area contributed by atoms with Crippen LogP contribution in [-0.4, -0.2) is 36.6 Å². The molecule has 1 aromatic rings. The smallest absolute Gasteiger partial charge is 0.0631 e. The summed E-state index contributed by atoms with van der Waals surface area (Å²) in [6, 6.07) is 2.10. The summed E-state index contributed by atoms with van der Waals surface area (Å²) in [5.41, 5.74) is 1.41. The van der Waals surface area contributed by atoms with E-state index in [1.54, 1.807) is 0 Å². The van der Waals surface area contributed by atoms with Crippen LogP contribution >= 0.6 is 0 Å². The zero-order valence-electron chi connectivity index (χ0n) is 10.2. The monoisotopic (exact) mass is 223 g/mol. The predicted octanol–water partition coefficient (Wildman–Crippen LogP) is 0.979. The van der Waals surface area contributed by atoms with E-state index in [0.29, 0.717) is 0 Å². The summed E-state index contributed by atoms with van der Waals surface area (Å²) in [7, 11) is 3.97. The number of hydrogen-bond donors (Lipinski definition) is 1. The molecule has 1 aliphatic rings. The van der Waals surface area contributed by atoms with E-state index in [9.17, 15) is 0 Å². The second-order valence-corrected chi connectivity index (χ2v) is 4.84. The molecule has 16 heavy (non-hydrogen) atoms. The van der Waals surface area contributed by atoms with Crippen molar-refractivity contribution >= 4 is 0 Å². The molecular formula is C12H21N3O. The van der Waals surface area contributed by atoms with Crippen molar-refractivity contribution in [3.8, 4) is 0 Å². The molecule has 0 amide bonds. The Morgan fingerprint density at radius 2 is 2.50 bits per heavy atom. The summed E-state index contributed by atoms with van der Waals surface area (Å²) in [6.07, 6.45) is 5.40. The summed E-state index contributed by atoms with van der Waals surface area (Å²) >= 11 is 0. The molecule has 1 saturated heterocycles. The molecule has 0 bridgehead atoms. The van der Waals surface area contributed by atoms with Crippen LogP contribution in [0.5, 0.6) is 0 Å². The molecule has 0 spiro atoms. The molecule has 1 atom stereocenters. The molecule has 0 radical (unpaired) electrons. The molecule has 4 nitrogen and oxygen atoms in total. The van der Waals surface area contributed by atoms with Crippen LogP contribution in [0.4, 0.5) is 0 Å². The first kappa shape index (κ1) is 11.6. The Bertz CT molecular complexity index is 323. The maximum absolute atomic E-state index is 5.64. The van der Waals surface area contributed by atoms with Crippen molar-refractivity contribution in [1.82, 2.24) is 15.1 Å². The molecular weight excluding hydrogens is 202 g/mol. The van der Waals surface area contributed by atoms with E-state index in [1.807, 2.05) is 25.0 Å². The molecule has 1 unspecified atom stereocenters. The van der Waals surface area contributed by atoms with Gasteiger partial charge in [0, 0.05) is 38.2 Å². The average Bonchev–Trinajstić information content (AvgIpc) is 2.65. The molecule has 1 aliphatic heterocycles. The Morgan fingerprint density at radius 3 is 3.06 bits per heavy atom. The number of aryl methyl sites for hydroxylation is 1. The Labute approximate surface area is 97.0 Å². The predicted molar refractivity (Wildman–Crippen MR) is 63.3 cm³/mol. The molecule has 4 heteroatoms. The summed E-state index contributed by atoms with van der Waals surface area (Å²) in [5, 5.41) is 7.76. The second kappa shape index (κ2) is 4.97. The summed E-state index contributed by atoms with van der Waals surface area (Å²) in [6.45, 7) is 2.77. The first-order chi connectivity index (χ1) is 7.74. The molecule has 0 aromatic carbocycles. The second-order valence-electron chi connectivity index (χ2n) is 4.84. The van der Waals surface area contributed by atoms with Gasteiger partial charge in [0.2, 0.25) is 0 Å². The Hall–Kier alpha value is -0.870. The average molecular weight is 223 g/mol. The van der Waals surface area contributed by atoms with Gasteiger partial charge in [-0.05, 0) is 26.0 Å². The molecule has 90 valence electrons. The van der Waals surface area contributed by atoms with Gasteiger partial charge in [0.05, 0.1) is 12.3 Å². The van der Waals surface area contributed by atoms with E-state index in [2.05, 4.69) is 16.5 Å². The summed E-state index contributed by atoms with van der Waals surface area (Å²) in [4.78, 5) is 0. The fraction of sp³-hybridized carbons (Fsp3) is 0.750. The van der Waals surface area contributed by atoms with Crippen LogP contribution in [0.2, 0.25) is 0 Å². The minimum absolute atomic E-state index is 0.237. The van der Waals surface area contributed by atoms with Gasteiger partial charge in [0.15, 0.2) is 0 Å². The highest BCUT2D eigenvalue weighted by Crippen LogP contribution is 2.31. The van der Waals surface area contributed by atoms with Crippen molar-refractivity contribution in [3.63, 3.8) is 0 Å². The maximum atomic E-state index is 5.64. The van der Waals surface area contributed by atoms with Gasteiger partial charge in [-0.25, -0.2) is 0 Å². The van der Waals surface area contributed by atoms with Crippen LogP contribution in [-0.2, 0) is 18.2 Å². The van der Waals surface area contributed by atoms with E-state index >= 15 is 0 Å². The zero-order chi connectivity index (χ0) is 11.4. The SMILES string of the molecule is CNCC1(Cc2ccn(C)n2)CCCOC1. The Balaban J connectivity index is 2.06. The largest absolute Gasteiger partial charge is 0.381 e.